The molecule has 162 valence electrons. The highest BCUT2D eigenvalue weighted by molar-refractivity contribution is 5.96. The first-order chi connectivity index (χ1) is 15.0. The summed E-state index contributed by atoms with van der Waals surface area (Å²) in [6, 6.07) is 13.7. The van der Waals surface area contributed by atoms with Gasteiger partial charge in [0.05, 0.1) is 6.04 Å². The molecular formula is C25H29N3O3. The summed E-state index contributed by atoms with van der Waals surface area (Å²) >= 11 is 0. The van der Waals surface area contributed by atoms with Gasteiger partial charge in [0.1, 0.15) is 6.29 Å². The van der Waals surface area contributed by atoms with Crippen LogP contribution < -0.4 is 16.0 Å². The van der Waals surface area contributed by atoms with Crippen LogP contribution in [0.25, 0.3) is 0 Å². The van der Waals surface area contributed by atoms with Crippen LogP contribution in [-0.2, 0) is 16.0 Å². The van der Waals surface area contributed by atoms with Crippen molar-refractivity contribution in [2.24, 2.45) is 11.1 Å². The molecule has 2 fully saturated rings. The Bertz CT molecular complexity index is 947. The van der Waals surface area contributed by atoms with Crippen LogP contribution in [0.15, 0.2) is 48.5 Å². The third-order valence-electron chi connectivity index (χ3n) is 6.59. The summed E-state index contributed by atoms with van der Waals surface area (Å²) in [5.41, 5.74) is 9.28. The van der Waals surface area contributed by atoms with E-state index in [0.29, 0.717) is 24.1 Å². The van der Waals surface area contributed by atoms with E-state index >= 15 is 0 Å². The van der Waals surface area contributed by atoms with Crippen molar-refractivity contribution in [3.8, 4) is 0 Å². The van der Waals surface area contributed by atoms with Crippen LogP contribution in [-0.4, -0.2) is 30.7 Å². The van der Waals surface area contributed by atoms with Gasteiger partial charge in [0, 0.05) is 29.9 Å². The Hall–Kier alpha value is -2.99. The molecular weight excluding hydrogens is 390 g/mol. The number of amides is 2. The van der Waals surface area contributed by atoms with Gasteiger partial charge in [-0.05, 0) is 66.6 Å². The summed E-state index contributed by atoms with van der Waals surface area (Å²) in [4.78, 5) is 37.7. The van der Waals surface area contributed by atoms with E-state index in [1.807, 2.05) is 29.2 Å². The molecule has 1 atom stereocenters. The van der Waals surface area contributed by atoms with Crippen LogP contribution in [0.4, 0.5) is 11.4 Å². The lowest BCUT2D eigenvalue weighted by Crippen LogP contribution is -2.37. The van der Waals surface area contributed by atoms with Crippen molar-refractivity contribution in [1.82, 2.24) is 0 Å². The second-order valence-electron chi connectivity index (χ2n) is 8.92. The normalized spacial score (nSPS) is 18.7. The lowest BCUT2D eigenvalue weighted by molar-refractivity contribution is -0.118. The largest absolute Gasteiger partial charge is 0.325 e. The predicted molar refractivity (Wildman–Crippen MR) is 121 cm³/mol. The average Bonchev–Trinajstić information content (AvgIpc) is 3.10. The average molecular weight is 420 g/mol. The molecule has 0 radical (unpaired) electrons. The molecule has 0 aromatic heterocycles. The molecule has 2 aromatic rings. The summed E-state index contributed by atoms with van der Waals surface area (Å²) in [5.74, 6) is -0.0665. The zero-order valence-corrected chi connectivity index (χ0v) is 17.7. The fourth-order valence-corrected chi connectivity index (χ4v) is 4.81. The molecule has 4 rings (SSSR count). The van der Waals surface area contributed by atoms with Gasteiger partial charge in [-0.15, -0.1) is 0 Å². The smallest absolute Gasteiger partial charge is 0.241 e. The van der Waals surface area contributed by atoms with E-state index in [1.165, 1.54) is 19.3 Å². The first-order valence-corrected chi connectivity index (χ1v) is 11.0. The Morgan fingerprint density at radius 2 is 1.74 bits per heavy atom. The second-order valence-corrected chi connectivity index (χ2v) is 8.92. The number of hydrogen-bond acceptors (Lipinski definition) is 4. The van der Waals surface area contributed by atoms with Crippen molar-refractivity contribution in [2.75, 3.05) is 16.8 Å². The van der Waals surface area contributed by atoms with E-state index in [0.717, 1.165) is 36.9 Å². The number of carbonyl (C=O) groups is 3. The zero-order chi connectivity index (χ0) is 21.8. The first kappa shape index (κ1) is 21.2. The van der Waals surface area contributed by atoms with Crippen molar-refractivity contribution in [3.63, 3.8) is 0 Å². The molecule has 31 heavy (non-hydrogen) atoms. The number of aldehydes is 1. The quantitative estimate of drug-likeness (QED) is 0.699. The monoisotopic (exact) mass is 419 g/mol. The van der Waals surface area contributed by atoms with Crippen LogP contribution in [0.2, 0.25) is 0 Å². The van der Waals surface area contributed by atoms with Crippen molar-refractivity contribution in [3.05, 3.63) is 59.7 Å². The van der Waals surface area contributed by atoms with Crippen LogP contribution in [0.1, 0.15) is 54.4 Å². The van der Waals surface area contributed by atoms with E-state index in [-0.39, 0.29) is 17.2 Å². The molecule has 1 unspecified atom stereocenters. The molecule has 6 heteroatoms. The molecule has 1 aliphatic carbocycles. The Kier molecular flexibility index (Phi) is 6.18. The number of nitrogens with zero attached hydrogens (tertiary/aromatic N) is 1. The fourth-order valence-electron chi connectivity index (χ4n) is 4.81. The fraction of sp³-hybridized carbons (Fsp3) is 0.400. The van der Waals surface area contributed by atoms with Gasteiger partial charge in [-0.25, -0.2) is 0 Å². The standard InChI is InChI=1S/C25H29N3O3/c26-22(24(31)27-20-8-4-19(16-29)5-9-20)14-18-6-10-21(11-7-18)28-17-25(15-23(28)30)12-2-1-3-13-25/h4-11,16,22H,1-3,12-15,17,26H2,(H,27,31). The molecule has 1 aliphatic heterocycles. The lowest BCUT2D eigenvalue weighted by atomic mass is 9.73. The highest BCUT2D eigenvalue weighted by Crippen LogP contribution is 2.45. The molecule has 2 amide bonds. The number of rotatable bonds is 6. The van der Waals surface area contributed by atoms with Crippen molar-refractivity contribution >= 4 is 29.5 Å². The zero-order valence-electron chi connectivity index (χ0n) is 17.7. The third-order valence-corrected chi connectivity index (χ3v) is 6.59. The summed E-state index contributed by atoms with van der Waals surface area (Å²) in [5, 5.41) is 2.78. The Morgan fingerprint density at radius 1 is 1.06 bits per heavy atom. The molecule has 3 N–H and O–H groups in total. The summed E-state index contributed by atoms with van der Waals surface area (Å²) in [7, 11) is 0. The third kappa shape index (κ3) is 4.85. The maximum atomic E-state index is 12.6. The molecule has 2 aliphatic rings. The van der Waals surface area contributed by atoms with Crippen molar-refractivity contribution in [1.29, 1.82) is 0 Å². The Balaban J connectivity index is 1.35. The van der Waals surface area contributed by atoms with Crippen molar-refractivity contribution in [2.45, 2.75) is 51.0 Å². The van der Waals surface area contributed by atoms with Gasteiger partial charge >= 0.3 is 0 Å². The number of nitrogens with two attached hydrogens (primary N) is 1. The molecule has 1 saturated heterocycles. The maximum absolute atomic E-state index is 12.6. The van der Waals surface area contributed by atoms with Gasteiger partial charge in [-0.2, -0.15) is 0 Å². The van der Waals surface area contributed by atoms with E-state index < -0.39 is 6.04 Å². The van der Waals surface area contributed by atoms with E-state index in [9.17, 15) is 14.4 Å². The second kappa shape index (κ2) is 9.02. The topological polar surface area (TPSA) is 92.5 Å². The predicted octanol–water partition coefficient (Wildman–Crippen LogP) is 3.69. The van der Waals surface area contributed by atoms with E-state index in [1.54, 1.807) is 24.3 Å². The summed E-state index contributed by atoms with van der Waals surface area (Å²) in [6.07, 6.45) is 7.84. The van der Waals surface area contributed by atoms with Gasteiger partial charge in [0.15, 0.2) is 0 Å². The Morgan fingerprint density at radius 3 is 2.39 bits per heavy atom. The van der Waals surface area contributed by atoms with Gasteiger partial charge in [0.2, 0.25) is 11.8 Å². The molecule has 2 aromatic carbocycles. The highest BCUT2D eigenvalue weighted by Gasteiger charge is 2.43. The highest BCUT2D eigenvalue weighted by atomic mass is 16.2. The van der Waals surface area contributed by atoms with Crippen molar-refractivity contribution < 1.29 is 14.4 Å². The summed E-state index contributed by atoms with van der Waals surface area (Å²) < 4.78 is 0. The SMILES string of the molecule is NC(Cc1ccc(N2CC3(CCCCC3)CC2=O)cc1)C(=O)Nc1ccc(C=O)cc1. The van der Waals surface area contributed by atoms with Crippen LogP contribution in [0.3, 0.4) is 0 Å². The molecule has 1 saturated carbocycles. The Labute approximate surface area is 182 Å². The first-order valence-electron chi connectivity index (χ1n) is 11.0. The number of nitrogens with one attached hydrogen (secondary N) is 1. The molecule has 0 bridgehead atoms. The summed E-state index contributed by atoms with van der Waals surface area (Å²) in [6.45, 7) is 0.815. The van der Waals surface area contributed by atoms with E-state index in [4.69, 9.17) is 5.73 Å². The molecule has 1 heterocycles. The number of anilines is 2. The number of carbonyl (C=O) groups excluding carboxylic acids is 3. The molecule has 1 spiro atoms. The van der Waals surface area contributed by atoms with E-state index in [2.05, 4.69) is 5.32 Å². The number of hydrogen-bond donors (Lipinski definition) is 2. The minimum absolute atomic E-state index is 0.165. The number of benzene rings is 2. The minimum Gasteiger partial charge on any atom is -0.325 e. The maximum Gasteiger partial charge on any atom is 0.241 e. The lowest BCUT2D eigenvalue weighted by Gasteiger charge is -2.32. The van der Waals surface area contributed by atoms with Gasteiger partial charge in [0.25, 0.3) is 0 Å². The molecule has 6 nitrogen and oxygen atoms in total. The van der Waals surface area contributed by atoms with Crippen LogP contribution in [0.5, 0.6) is 0 Å². The van der Waals surface area contributed by atoms with Crippen LogP contribution >= 0.6 is 0 Å². The van der Waals surface area contributed by atoms with Crippen LogP contribution in [0, 0.1) is 5.41 Å². The van der Waals surface area contributed by atoms with Gasteiger partial charge < -0.3 is 16.0 Å². The van der Waals surface area contributed by atoms with Gasteiger partial charge in [-0.1, -0.05) is 31.4 Å². The van der Waals surface area contributed by atoms with Gasteiger partial charge in [-0.3, -0.25) is 14.4 Å². The minimum atomic E-state index is -0.699.